The molecule has 1 rings (SSSR count). The van der Waals surface area contributed by atoms with Gasteiger partial charge in [-0.1, -0.05) is 47.6 Å². The summed E-state index contributed by atoms with van der Waals surface area (Å²) in [5.41, 5.74) is 9.89. The van der Waals surface area contributed by atoms with Crippen LogP contribution in [0, 0.1) is 6.92 Å². The third-order valence-corrected chi connectivity index (χ3v) is 4.50. The molecule has 0 amide bonds. The maximum Gasteiger partial charge on any atom is 0.158 e. The van der Waals surface area contributed by atoms with Crippen molar-refractivity contribution in [2.45, 2.75) is 65.3 Å². The Labute approximate surface area is 152 Å². The number of aliphatic hydroxyl groups excluding tert-OH is 1. The fourth-order valence-corrected chi connectivity index (χ4v) is 2.41. The molecule has 0 aliphatic heterocycles. The molecule has 1 aromatic rings. The lowest BCUT2D eigenvalue weighted by molar-refractivity contribution is -0.115. The molecule has 0 aliphatic carbocycles. The van der Waals surface area contributed by atoms with Crippen LogP contribution < -0.4 is 5.73 Å². The number of aliphatic hydroxyl groups is 1. The van der Waals surface area contributed by atoms with Crippen LogP contribution in [0.5, 0.6) is 0 Å². The van der Waals surface area contributed by atoms with Gasteiger partial charge in [-0.05, 0) is 64.5 Å². The van der Waals surface area contributed by atoms with E-state index in [4.69, 9.17) is 5.73 Å². The van der Waals surface area contributed by atoms with E-state index in [1.807, 2.05) is 32.9 Å². The summed E-state index contributed by atoms with van der Waals surface area (Å²) in [6.45, 7) is 7.81. The smallest absolute Gasteiger partial charge is 0.158 e. The largest absolute Gasteiger partial charge is 0.394 e. The number of carbonyl (C=O) groups is 1. The molecule has 0 aliphatic rings. The average molecular weight is 344 g/mol. The summed E-state index contributed by atoms with van der Waals surface area (Å²) in [5, 5.41) is 9.18. The number of Topliss-reactive ketones (excluding diaryl/α,β-unsaturated/α-hetero) is 1. The van der Waals surface area contributed by atoms with Gasteiger partial charge in [0.1, 0.15) is 0 Å². The summed E-state index contributed by atoms with van der Waals surface area (Å²) in [6, 6.07) is 8.48. The van der Waals surface area contributed by atoms with E-state index in [9.17, 15) is 9.90 Å². The van der Waals surface area contributed by atoms with Crippen molar-refractivity contribution in [3.63, 3.8) is 0 Å². The van der Waals surface area contributed by atoms with Crippen LogP contribution in [0.3, 0.4) is 0 Å². The number of nitrogens with two attached hydrogens (primary N) is 1. The molecular formula is C22H33NO2. The highest BCUT2D eigenvalue weighted by Gasteiger charge is 2.16. The molecule has 0 aromatic heterocycles. The minimum absolute atomic E-state index is 0.0192. The maximum absolute atomic E-state index is 12.2. The zero-order chi connectivity index (χ0) is 18.9. The van der Waals surface area contributed by atoms with Gasteiger partial charge in [0.25, 0.3) is 0 Å². The van der Waals surface area contributed by atoms with Crippen molar-refractivity contribution < 1.29 is 9.90 Å². The Morgan fingerprint density at radius 1 is 1.16 bits per heavy atom. The standard InChI is InChI=1S/C22H33NO2/c1-17-9-12-20(13-10-17)6-5-7-21(25)19(3)11-8-18(2)14-15-22(4,23)16-24/h8-13,24H,5-7,14-16,23H2,1-4H3/b18-8+,19-11+/t22-/m1/s1. The zero-order valence-electron chi connectivity index (χ0n) is 16.1. The molecule has 0 unspecified atom stereocenters. The van der Waals surface area contributed by atoms with Crippen LogP contribution in [0.1, 0.15) is 57.6 Å². The summed E-state index contributed by atoms with van der Waals surface area (Å²) in [5.74, 6) is 0.204. The van der Waals surface area contributed by atoms with Crippen LogP contribution in [0.4, 0.5) is 0 Å². The van der Waals surface area contributed by atoms with Gasteiger partial charge in [0.15, 0.2) is 5.78 Å². The molecule has 0 fully saturated rings. The molecule has 0 spiro atoms. The molecule has 0 heterocycles. The van der Waals surface area contributed by atoms with E-state index in [0.717, 1.165) is 36.8 Å². The van der Waals surface area contributed by atoms with Gasteiger partial charge in [-0.15, -0.1) is 0 Å². The highest BCUT2D eigenvalue weighted by atomic mass is 16.3. The van der Waals surface area contributed by atoms with E-state index in [1.54, 1.807) is 0 Å². The molecule has 0 radical (unpaired) electrons. The molecule has 3 nitrogen and oxygen atoms in total. The van der Waals surface area contributed by atoms with Crippen LogP contribution in [0.15, 0.2) is 47.6 Å². The molecule has 0 bridgehead atoms. The van der Waals surface area contributed by atoms with Crippen LogP contribution >= 0.6 is 0 Å². The van der Waals surface area contributed by atoms with Crippen molar-refractivity contribution >= 4 is 5.78 Å². The summed E-state index contributed by atoms with van der Waals surface area (Å²) in [7, 11) is 0. The monoisotopic (exact) mass is 343 g/mol. The molecule has 138 valence electrons. The third-order valence-electron chi connectivity index (χ3n) is 4.50. The number of benzene rings is 1. The number of rotatable bonds is 10. The van der Waals surface area contributed by atoms with Crippen molar-refractivity contribution in [3.05, 3.63) is 58.7 Å². The van der Waals surface area contributed by atoms with Gasteiger partial charge in [0, 0.05) is 12.0 Å². The predicted molar refractivity (Wildman–Crippen MR) is 106 cm³/mol. The van der Waals surface area contributed by atoms with Gasteiger partial charge in [-0.25, -0.2) is 0 Å². The first-order chi connectivity index (χ1) is 11.7. The van der Waals surface area contributed by atoms with E-state index < -0.39 is 5.54 Å². The second kappa shape index (κ2) is 10.3. The molecule has 0 saturated carbocycles. The van der Waals surface area contributed by atoms with E-state index >= 15 is 0 Å². The van der Waals surface area contributed by atoms with Crippen molar-refractivity contribution in [2.24, 2.45) is 5.73 Å². The fraction of sp³-hybridized carbons (Fsp3) is 0.500. The Balaban J connectivity index is 2.42. The van der Waals surface area contributed by atoms with E-state index in [0.29, 0.717) is 6.42 Å². The number of aryl methyl sites for hydroxylation is 2. The van der Waals surface area contributed by atoms with E-state index in [-0.39, 0.29) is 12.4 Å². The SMILES string of the molecule is C/C(=C\C=C(/C)C(=O)CCCc1ccc(C)cc1)CC[C@@](C)(N)CO. The molecule has 0 saturated heterocycles. The minimum Gasteiger partial charge on any atom is -0.394 e. The van der Waals surface area contributed by atoms with E-state index in [1.165, 1.54) is 11.1 Å². The summed E-state index contributed by atoms with van der Waals surface area (Å²) in [6.07, 6.45) is 7.82. The van der Waals surface area contributed by atoms with Gasteiger partial charge in [0.2, 0.25) is 0 Å². The number of hydrogen-bond donors (Lipinski definition) is 2. The second-order valence-corrected chi connectivity index (χ2v) is 7.44. The lowest BCUT2D eigenvalue weighted by Gasteiger charge is -2.21. The number of ketones is 1. The first kappa shape index (κ1) is 21.3. The summed E-state index contributed by atoms with van der Waals surface area (Å²) in [4.78, 5) is 12.2. The van der Waals surface area contributed by atoms with Gasteiger partial charge in [-0.2, -0.15) is 0 Å². The van der Waals surface area contributed by atoms with Crippen LogP contribution in [-0.4, -0.2) is 23.0 Å². The number of carbonyl (C=O) groups excluding carboxylic acids is 1. The Kier molecular flexibility index (Phi) is 8.81. The normalized spacial score (nSPS) is 15.1. The predicted octanol–water partition coefficient (Wildman–Crippen LogP) is 4.27. The van der Waals surface area contributed by atoms with Gasteiger partial charge in [-0.3, -0.25) is 4.79 Å². The Morgan fingerprint density at radius 2 is 1.80 bits per heavy atom. The van der Waals surface area contributed by atoms with Crippen molar-refractivity contribution in [3.8, 4) is 0 Å². The second-order valence-electron chi connectivity index (χ2n) is 7.44. The molecular weight excluding hydrogens is 310 g/mol. The van der Waals surface area contributed by atoms with Crippen LogP contribution in [0.25, 0.3) is 0 Å². The van der Waals surface area contributed by atoms with Gasteiger partial charge in [0.05, 0.1) is 6.61 Å². The van der Waals surface area contributed by atoms with Gasteiger partial charge < -0.3 is 10.8 Å². The van der Waals surface area contributed by atoms with Crippen molar-refractivity contribution in [2.75, 3.05) is 6.61 Å². The highest BCUT2D eigenvalue weighted by molar-refractivity contribution is 5.94. The summed E-state index contributed by atoms with van der Waals surface area (Å²) >= 11 is 0. The van der Waals surface area contributed by atoms with Crippen LogP contribution in [0.2, 0.25) is 0 Å². The van der Waals surface area contributed by atoms with Crippen molar-refractivity contribution in [1.29, 1.82) is 0 Å². The van der Waals surface area contributed by atoms with Gasteiger partial charge >= 0.3 is 0 Å². The Hall–Kier alpha value is -1.71. The quantitative estimate of drug-likeness (QED) is 0.492. The highest BCUT2D eigenvalue weighted by Crippen LogP contribution is 2.14. The first-order valence-corrected chi connectivity index (χ1v) is 9.06. The lowest BCUT2D eigenvalue weighted by atomic mass is 9.95. The molecule has 3 heteroatoms. The lowest BCUT2D eigenvalue weighted by Crippen LogP contribution is -2.39. The third kappa shape index (κ3) is 8.80. The topological polar surface area (TPSA) is 63.3 Å². The average Bonchev–Trinajstić information content (AvgIpc) is 2.59. The summed E-state index contributed by atoms with van der Waals surface area (Å²) < 4.78 is 0. The molecule has 25 heavy (non-hydrogen) atoms. The van der Waals surface area contributed by atoms with E-state index in [2.05, 4.69) is 31.2 Å². The van der Waals surface area contributed by atoms with Crippen molar-refractivity contribution in [1.82, 2.24) is 0 Å². The minimum atomic E-state index is -0.542. The Bertz CT molecular complexity index is 609. The zero-order valence-corrected chi connectivity index (χ0v) is 16.1. The first-order valence-electron chi connectivity index (χ1n) is 9.06. The van der Waals surface area contributed by atoms with Crippen LogP contribution in [-0.2, 0) is 11.2 Å². The maximum atomic E-state index is 12.2. The molecule has 1 aromatic carbocycles. The number of hydrogen-bond acceptors (Lipinski definition) is 3. The Morgan fingerprint density at radius 3 is 2.40 bits per heavy atom. The molecule has 1 atom stereocenters. The fourth-order valence-electron chi connectivity index (χ4n) is 2.41. The number of allylic oxidation sites excluding steroid dienone is 4. The molecule has 3 N–H and O–H groups in total.